The zero-order chi connectivity index (χ0) is 19.4. The van der Waals surface area contributed by atoms with Gasteiger partial charge < -0.3 is 10.2 Å². The number of pyridine rings is 1. The highest BCUT2D eigenvalue weighted by molar-refractivity contribution is 7.98. The molecule has 1 N–H and O–H groups in total. The molecule has 27 heavy (non-hydrogen) atoms. The molecule has 2 aromatic heterocycles. The smallest absolute Gasteiger partial charge is 0.356 e. The molecule has 0 aromatic carbocycles. The molecule has 0 radical (unpaired) electrons. The molecular weight excluding hydrogens is 379 g/mol. The van der Waals surface area contributed by atoms with E-state index >= 15 is 0 Å². The zero-order valence-electron chi connectivity index (χ0n) is 14.5. The van der Waals surface area contributed by atoms with Gasteiger partial charge in [-0.15, -0.1) is 11.8 Å². The Morgan fingerprint density at radius 1 is 1.26 bits per heavy atom. The number of piperidine rings is 1. The lowest BCUT2D eigenvalue weighted by Gasteiger charge is -2.33. The van der Waals surface area contributed by atoms with Gasteiger partial charge in [-0.2, -0.15) is 13.2 Å². The van der Waals surface area contributed by atoms with Gasteiger partial charge >= 0.3 is 6.18 Å². The largest absolute Gasteiger partial charge is 0.433 e. The molecular formula is C17H18F3N5OS. The quantitative estimate of drug-likeness (QED) is 0.800. The molecule has 0 bridgehead atoms. The van der Waals surface area contributed by atoms with Crippen LogP contribution in [0, 0.1) is 0 Å². The molecule has 1 fully saturated rings. The van der Waals surface area contributed by atoms with Crippen molar-refractivity contribution in [3.05, 3.63) is 42.0 Å². The normalized spacial score (nSPS) is 15.6. The minimum Gasteiger partial charge on any atom is -0.356 e. The Morgan fingerprint density at radius 2 is 2.00 bits per heavy atom. The second-order valence-corrected chi connectivity index (χ2v) is 6.85. The van der Waals surface area contributed by atoms with Crippen LogP contribution in [0.1, 0.15) is 28.9 Å². The number of alkyl halides is 3. The van der Waals surface area contributed by atoms with Gasteiger partial charge in [-0.25, -0.2) is 15.0 Å². The van der Waals surface area contributed by atoms with Crippen LogP contribution in [0.5, 0.6) is 0 Å². The van der Waals surface area contributed by atoms with E-state index in [1.165, 1.54) is 11.8 Å². The number of hydrogen-bond donors (Lipinski definition) is 1. The van der Waals surface area contributed by atoms with Gasteiger partial charge in [0.25, 0.3) is 5.91 Å². The number of aromatic nitrogens is 3. The number of thioether (sulfide) groups is 1. The number of hydrogen-bond acceptors (Lipinski definition) is 6. The van der Waals surface area contributed by atoms with Crippen LogP contribution in [-0.4, -0.2) is 46.2 Å². The molecule has 1 saturated heterocycles. The first-order valence-electron chi connectivity index (χ1n) is 8.32. The van der Waals surface area contributed by atoms with Gasteiger partial charge in [0, 0.05) is 31.4 Å². The lowest BCUT2D eigenvalue weighted by Crippen LogP contribution is -2.45. The fourth-order valence-electron chi connectivity index (χ4n) is 2.92. The third-order valence-electron chi connectivity index (χ3n) is 4.31. The SMILES string of the molecule is CSc1ncccc1C(=O)NC1CCN(c2cc(C(F)(F)F)ncn2)CC1. The fourth-order valence-corrected chi connectivity index (χ4v) is 3.46. The zero-order valence-corrected chi connectivity index (χ0v) is 15.3. The molecule has 0 saturated carbocycles. The van der Waals surface area contributed by atoms with Crippen LogP contribution in [0.2, 0.25) is 0 Å². The van der Waals surface area contributed by atoms with Crippen LogP contribution in [-0.2, 0) is 6.18 Å². The average molecular weight is 397 g/mol. The summed E-state index contributed by atoms with van der Waals surface area (Å²) >= 11 is 1.40. The number of halogens is 3. The van der Waals surface area contributed by atoms with Crippen LogP contribution >= 0.6 is 11.8 Å². The van der Waals surface area contributed by atoms with Gasteiger partial charge in [0.05, 0.1) is 5.56 Å². The van der Waals surface area contributed by atoms with Crippen molar-refractivity contribution >= 4 is 23.5 Å². The van der Waals surface area contributed by atoms with Crippen LogP contribution in [0.3, 0.4) is 0 Å². The van der Waals surface area contributed by atoms with E-state index in [9.17, 15) is 18.0 Å². The second-order valence-electron chi connectivity index (χ2n) is 6.05. The van der Waals surface area contributed by atoms with E-state index in [4.69, 9.17) is 0 Å². The Labute approximate surface area is 158 Å². The fraction of sp³-hybridized carbons (Fsp3) is 0.412. The molecule has 3 heterocycles. The monoisotopic (exact) mass is 397 g/mol. The maximum Gasteiger partial charge on any atom is 0.433 e. The van der Waals surface area contributed by atoms with Crippen LogP contribution < -0.4 is 10.2 Å². The Bertz CT molecular complexity index is 809. The van der Waals surface area contributed by atoms with Crippen molar-refractivity contribution in [2.75, 3.05) is 24.2 Å². The van der Waals surface area contributed by atoms with Crippen molar-refractivity contribution in [2.24, 2.45) is 0 Å². The number of rotatable bonds is 4. The van der Waals surface area contributed by atoms with Crippen molar-refractivity contribution < 1.29 is 18.0 Å². The summed E-state index contributed by atoms with van der Waals surface area (Å²) in [5.74, 6) is 0.0614. The van der Waals surface area contributed by atoms with E-state index in [1.807, 2.05) is 6.26 Å². The molecule has 1 amide bonds. The maximum absolute atomic E-state index is 12.8. The molecule has 10 heteroatoms. The van der Waals surface area contributed by atoms with Crippen molar-refractivity contribution in [3.8, 4) is 0 Å². The predicted octanol–water partition coefficient (Wildman–Crippen LogP) is 3.01. The molecule has 1 aliphatic rings. The molecule has 144 valence electrons. The van der Waals surface area contributed by atoms with Crippen molar-refractivity contribution in [3.63, 3.8) is 0 Å². The van der Waals surface area contributed by atoms with E-state index in [1.54, 1.807) is 23.2 Å². The number of anilines is 1. The van der Waals surface area contributed by atoms with Gasteiger partial charge in [0.1, 0.15) is 22.9 Å². The number of carbonyl (C=O) groups is 1. The second kappa shape index (κ2) is 8.12. The Hall–Kier alpha value is -2.36. The number of amides is 1. The number of nitrogens with zero attached hydrogens (tertiary/aromatic N) is 4. The molecule has 0 aliphatic carbocycles. The van der Waals surface area contributed by atoms with E-state index in [-0.39, 0.29) is 17.8 Å². The summed E-state index contributed by atoms with van der Waals surface area (Å²) in [6, 6.07) is 4.35. The summed E-state index contributed by atoms with van der Waals surface area (Å²) in [5, 5.41) is 3.65. The first-order valence-corrected chi connectivity index (χ1v) is 9.55. The van der Waals surface area contributed by atoms with E-state index in [0.717, 1.165) is 12.4 Å². The van der Waals surface area contributed by atoms with Crippen LogP contribution in [0.4, 0.5) is 19.0 Å². The summed E-state index contributed by atoms with van der Waals surface area (Å²) in [6.45, 7) is 1.00. The summed E-state index contributed by atoms with van der Waals surface area (Å²) in [4.78, 5) is 25.7. The Kier molecular flexibility index (Phi) is 5.83. The topological polar surface area (TPSA) is 71.0 Å². The molecule has 0 unspecified atom stereocenters. The third kappa shape index (κ3) is 4.68. The molecule has 1 aliphatic heterocycles. The first kappa shape index (κ1) is 19.4. The molecule has 0 spiro atoms. The highest BCUT2D eigenvalue weighted by atomic mass is 32.2. The van der Waals surface area contributed by atoms with Crippen molar-refractivity contribution in [2.45, 2.75) is 30.1 Å². The molecule has 0 atom stereocenters. The first-order chi connectivity index (χ1) is 12.9. The van der Waals surface area contributed by atoms with Crippen LogP contribution in [0.15, 0.2) is 35.7 Å². The van der Waals surface area contributed by atoms with Gasteiger partial charge in [-0.3, -0.25) is 4.79 Å². The molecule has 6 nitrogen and oxygen atoms in total. The Balaban J connectivity index is 1.60. The van der Waals surface area contributed by atoms with Crippen LogP contribution in [0.25, 0.3) is 0 Å². The molecule has 3 rings (SSSR count). The average Bonchev–Trinajstić information content (AvgIpc) is 2.68. The summed E-state index contributed by atoms with van der Waals surface area (Å²) in [7, 11) is 0. The van der Waals surface area contributed by atoms with Gasteiger partial charge in [0.15, 0.2) is 0 Å². The minimum atomic E-state index is -4.50. The Morgan fingerprint density at radius 3 is 2.67 bits per heavy atom. The summed E-state index contributed by atoms with van der Waals surface area (Å²) in [6.07, 6.45) is 1.16. The summed E-state index contributed by atoms with van der Waals surface area (Å²) < 4.78 is 38.4. The maximum atomic E-state index is 12.8. The molecule has 2 aromatic rings. The standard InChI is InChI=1S/C17H18F3N5OS/c1-27-16-12(3-2-6-21-16)15(26)24-11-4-7-25(8-5-11)14-9-13(17(18,19)20)22-10-23-14/h2-3,6,9-11H,4-5,7-8H2,1H3,(H,24,26). The number of carbonyl (C=O) groups excluding carboxylic acids is 1. The minimum absolute atomic E-state index is 0.0485. The van der Waals surface area contributed by atoms with E-state index in [0.29, 0.717) is 36.5 Å². The lowest BCUT2D eigenvalue weighted by molar-refractivity contribution is -0.141. The number of nitrogens with one attached hydrogen (secondary N) is 1. The van der Waals surface area contributed by atoms with Gasteiger partial charge in [-0.1, -0.05) is 0 Å². The van der Waals surface area contributed by atoms with Gasteiger partial charge in [-0.05, 0) is 31.2 Å². The summed E-state index contributed by atoms with van der Waals surface area (Å²) in [5.41, 5.74) is -0.429. The lowest BCUT2D eigenvalue weighted by atomic mass is 10.0. The van der Waals surface area contributed by atoms with Crippen molar-refractivity contribution in [1.82, 2.24) is 20.3 Å². The highest BCUT2D eigenvalue weighted by Gasteiger charge is 2.33. The van der Waals surface area contributed by atoms with Crippen molar-refractivity contribution in [1.29, 1.82) is 0 Å². The third-order valence-corrected chi connectivity index (χ3v) is 5.02. The van der Waals surface area contributed by atoms with E-state index in [2.05, 4.69) is 20.3 Å². The predicted molar refractivity (Wildman–Crippen MR) is 95.8 cm³/mol. The van der Waals surface area contributed by atoms with Gasteiger partial charge in [0.2, 0.25) is 0 Å². The highest BCUT2D eigenvalue weighted by Crippen LogP contribution is 2.29. The van der Waals surface area contributed by atoms with E-state index < -0.39 is 11.9 Å².